The van der Waals surface area contributed by atoms with Crippen molar-refractivity contribution in [3.05, 3.63) is 34.9 Å². The fourth-order valence-electron chi connectivity index (χ4n) is 4.01. The number of hydrogen-bond acceptors (Lipinski definition) is 9. The highest BCUT2D eigenvalue weighted by Gasteiger charge is 2.23. The molecule has 0 radical (unpaired) electrons. The molecule has 0 aliphatic rings. The van der Waals surface area contributed by atoms with Crippen molar-refractivity contribution in [1.29, 1.82) is 0 Å². The molecule has 232 valence electrons. The minimum atomic E-state index is -1.08. The smallest absolute Gasteiger partial charge is 0.339 e. The lowest BCUT2D eigenvalue weighted by atomic mass is 10.00. The molecule has 0 saturated carbocycles. The van der Waals surface area contributed by atoms with Crippen molar-refractivity contribution in [3.8, 4) is 0 Å². The number of carboxylic acid groups (broad SMARTS) is 1. The Balaban J connectivity index is 2.92. The molecule has 0 aliphatic carbocycles. The van der Waals surface area contributed by atoms with Gasteiger partial charge < -0.3 is 28.8 Å². The summed E-state index contributed by atoms with van der Waals surface area (Å²) in [5, 5.41) is 8.56. The Labute approximate surface area is 244 Å². The quantitative estimate of drug-likeness (QED) is 0.0974. The number of rotatable bonds is 23. The van der Waals surface area contributed by atoms with Crippen LogP contribution in [0.5, 0.6) is 0 Å². The Morgan fingerprint density at radius 1 is 0.683 bits per heavy atom. The fraction of sp³-hybridized carbons (Fsp3) is 0.677. The molecule has 1 aromatic carbocycles. The normalized spacial score (nSPS) is 12.4. The Morgan fingerprint density at radius 2 is 1.22 bits per heavy atom. The van der Waals surface area contributed by atoms with Crippen LogP contribution in [0.2, 0.25) is 0 Å². The van der Waals surface area contributed by atoms with Crippen LogP contribution >= 0.6 is 0 Å². The zero-order chi connectivity index (χ0) is 30.5. The van der Waals surface area contributed by atoms with E-state index >= 15 is 0 Å². The van der Waals surface area contributed by atoms with Crippen molar-refractivity contribution in [2.75, 3.05) is 46.2 Å². The molecule has 0 spiro atoms. The summed E-state index contributed by atoms with van der Waals surface area (Å²) < 4.78 is 26.5. The van der Waals surface area contributed by atoms with Crippen molar-refractivity contribution in [2.45, 2.75) is 79.1 Å². The number of esters is 3. The second kappa shape index (κ2) is 21.7. The van der Waals surface area contributed by atoms with Crippen LogP contribution in [-0.2, 0) is 28.5 Å². The summed E-state index contributed by atoms with van der Waals surface area (Å²) in [4.78, 5) is 49.3. The molecule has 1 aromatic rings. The Kier molecular flexibility index (Phi) is 19.1. The van der Waals surface area contributed by atoms with Gasteiger partial charge in [-0.3, -0.25) is 0 Å². The molecule has 0 amide bonds. The van der Waals surface area contributed by atoms with E-state index in [4.69, 9.17) is 28.8 Å². The maximum absolute atomic E-state index is 13.0. The van der Waals surface area contributed by atoms with Crippen LogP contribution in [0.3, 0.4) is 0 Å². The molecular weight excluding hydrogens is 532 g/mol. The van der Waals surface area contributed by atoms with E-state index in [1.54, 1.807) is 0 Å². The molecule has 41 heavy (non-hydrogen) atoms. The van der Waals surface area contributed by atoms with Crippen molar-refractivity contribution >= 4 is 23.9 Å². The fourth-order valence-corrected chi connectivity index (χ4v) is 4.01. The van der Waals surface area contributed by atoms with Crippen LogP contribution in [0, 0.1) is 11.8 Å². The maximum atomic E-state index is 13.0. The first-order valence-corrected chi connectivity index (χ1v) is 14.8. The number of carbonyl (C=O) groups is 4. The van der Waals surface area contributed by atoms with Crippen LogP contribution in [0.15, 0.2) is 18.2 Å². The topological polar surface area (TPSA) is 135 Å². The van der Waals surface area contributed by atoms with Crippen molar-refractivity contribution in [3.63, 3.8) is 0 Å². The summed E-state index contributed by atoms with van der Waals surface area (Å²) in [7, 11) is 0. The van der Waals surface area contributed by atoms with E-state index < -0.39 is 30.5 Å². The zero-order valence-electron chi connectivity index (χ0n) is 25.1. The van der Waals surface area contributed by atoms with Gasteiger partial charge in [-0.2, -0.15) is 0 Å². The van der Waals surface area contributed by atoms with Crippen molar-refractivity contribution in [2.24, 2.45) is 11.8 Å². The number of carbonyl (C=O) groups excluding carboxylic acids is 3. The lowest BCUT2D eigenvalue weighted by Gasteiger charge is -2.17. The van der Waals surface area contributed by atoms with Crippen LogP contribution in [-0.4, -0.2) is 75.2 Å². The standard InChI is InChI=1S/C31H48O10/c1-5-9-11-23(7-3)20-40-29(34)25-13-14-26(30(35)41-21-24(8-4)12-10-6-2)27(19-25)31(36)39-18-17-37-15-16-38-22-28(32)33/h13-14,19,23-24H,5-12,15-18,20-22H2,1-4H3,(H,32,33). The predicted molar refractivity (Wildman–Crippen MR) is 153 cm³/mol. The summed E-state index contributed by atoms with van der Waals surface area (Å²) >= 11 is 0. The third-order valence-corrected chi connectivity index (χ3v) is 6.74. The molecule has 0 saturated heterocycles. The monoisotopic (exact) mass is 580 g/mol. The number of hydrogen-bond donors (Lipinski definition) is 1. The van der Waals surface area contributed by atoms with E-state index in [1.807, 2.05) is 6.92 Å². The van der Waals surface area contributed by atoms with Crippen LogP contribution in [0.1, 0.15) is 110 Å². The second-order valence-corrected chi connectivity index (χ2v) is 9.98. The van der Waals surface area contributed by atoms with Gasteiger partial charge in [0.05, 0.1) is 49.7 Å². The minimum Gasteiger partial charge on any atom is -0.480 e. The molecule has 1 rings (SSSR count). The molecule has 10 nitrogen and oxygen atoms in total. The van der Waals surface area contributed by atoms with Gasteiger partial charge in [-0.15, -0.1) is 0 Å². The number of carboxylic acids is 1. The summed E-state index contributed by atoms with van der Waals surface area (Å²) in [6, 6.07) is 4.16. The molecule has 1 N–H and O–H groups in total. The van der Waals surface area contributed by atoms with E-state index in [1.165, 1.54) is 18.2 Å². The largest absolute Gasteiger partial charge is 0.480 e. The first-order valence-electron chi connectivity index (χ1n) is 14.8. The lowest BCUT2D eigenvalue weighted by molar-refractivity contribution is -0.142. The van der Waals surface area contributed by atoms with Gasteiger partial charge in [0.25, 0.3) is 0 Å². The summed E-state index contributed by atoms with van der Waals surface area (Å²) in [6.45, 7) is 8.53. The molecule has 0 heterocycles. The van der Waals surface area contributed by atoms with E-state index in [-0.39, 0.29) is 68.2 Å². The van der Waals surface area contributed by atoms with E-state index in [0.717, 1.165) is 51.4 Å². The summed E-state index contributed by atoms with van der Waals surface area (Å²) in [5.41, 5.74) is 0.0585. The predicted octanol–water partition coefficient (Wildman–Crippen LogP) is 5.71. The van der Waals surface area contributed by atoms with E-state index in [2.05, 4.69) is 20.8 Å². The van der Waals surface area contributed by atoms with Crippen molar-refractivity contribution < 1.29 is 48.0 Å². The van der Waals surface area contributed by atoms with Crippen LogP contribution in [0.25, 0.3) is 0 Å². The van der Waals surface area contributed by atoms with Crippen LogP contribution in [0.4, 0.5) is 0 Å². The third-order valence-electron chi connectivity index (χ3n) is 6.74. The first kappa shape index (κ1) is 36.0. The van der Waals surface area contributed by atoms with Crippen molar-refractivity contribution in [1.82, 2.24) is 0 Å². The van der Waals surface area contributed by atoms with Crippen LogP contribution < -0.4 is 0 Å². The molecule has 0 aliphatic heterocycles. The van der Waals surface area contributed by atoms with Gasteiger partial charge in [0.2, 0.25) is 0 Å². The Hall–Kier alpha value is -2.98. The number of ether oxygens (including phenoxy) is 5. The lowest BCUT2D eigenvalue weighted by Crippen LogP contribution is -2.20. The van der Waals surface area contributed by atoms with Gasteiger partial charge in [-0.1, -0.05) is 66.2 Å². The van der Waals surface area contributed by atoms with E-state index in [0.29, 0.717) is 0 Å². The maximum Gasteiger partial charge on any atom is 0.339 e. The molecular formula is C31H48O10. The number of aliphatic carboxylic acids is 1. The average Bonchev–Trinajstić information content (AvgIpc) is 2.97. The highest BCUT2D eigenvalue weighted by molar-refractivity contribution is 6.05. The summed E-state index contributed by atoms with van der Waals surface area (Å²) in [5.74, 6) is -2.64. The Bertz CT molecular complexity index is 929. The minimum absolute atomic E-state index is 0.00858. The highest BCUT2D eigenvalue weighted by Crippen LogP contribution is 2.20. The highest BCUT2D eigenvalue weighted by atomic mass is 16.6. The number of benzene rings is 1. The Morgan fingerprint density at radius 3 is 1.78 bits per heavy atom. The molecule has 0 bridgehead atoms. The molecule has 0 fully saturated rings. The average molecular weight is 581 g/mol. The first-order chi connectivity index (χ1) is 19.8. The van der Waals surface area contributed by atoms with Gasteiger partial charge in [0.15, 0.2) is 0 Å². The van der Waals surface area contributed by atoms with Gasteiger partial charge in [0, 0.05) is 0 Å². The molecule has 0 aromatic heterocycles. The SMILES string of the molecule is CCCCC(CC)COC(=O)c1ccc(C(=O)OCC(CC)CCCC)c(C(=O)OCCOCCOCC(=O)O)c1. The number of unbranched alkanes of at least 4 members (excludes halogenated alkanes) is 2. The second-order valence-electron chi connectivity index (χ2n) is 9.98. The zero-order valence-corrected chi connectivity index (χ0v) is 25.1. The van der Waals surface area contributed by atoms with Gasteiger partial charge in [-0.25, -0.2) is 19.2 Å². The molecule has 2 atom stereocenters. The molecule has 2 unspecified atom stereocenters. The van der Waals surface area contributed by atoms with Gasteiger partial charge >= 0.3 is 23.9 Å². The van der Waals surface area contributed by atoms with E-state index in [9.17, 15) is 19.2 Å². The summed E-state index contributed by atoms with van der Waals surface area (Å²) in [6.07, 6.45) is 7.87. The van der Waals surface area contributed by atoms with Gasteiger partial charge in [0.1, 0.15) is 13.2 Å². The third kappa shape index (κ3) is 15.0. The molecule has 10 heteroatoms. The van der Waals surface area contributed by atoms with Gasteiger partial charge in [-0.05, 0) is 42.9 Å².